The summed E-state index contributed by atoms with van der Waals surface area (Å²) in [6.07, 6.45) is 1.61. The molecular formula is C28H32N2O5. The van der Waals surface area contributed by atoms with Crippen LogP contribution < -0.4 is 14.8 Å². The minimum atomic E-state index is -0.658. The maximum atomic E-state index is 13.4. The summed E-state index contributed by atoms with van der Waals surface area (Å²) in [5, 5.41) is 3.93. The lowest BCUT2D eigenvalue weighted by Crippen LogP contribution is -2.44. The van der Waals surface area contributed by atoms with E-state index >= 15 is 0 Å². The standard InChI is InChI=1S/C28H32N2O5/c1-26(2,3)35-25(32)30-27(4,5)23-14-18-12-17(6-8-20(18)29-23)13-24(31)28(10-11-28)19-7-9-21-22(15-19)34-16-33-21/h6-9,12,14-15,29H,10-11,13,16H2,1-5H3,(H,30,32). The lowest BCUT2D eigenvalue weighted by atomic mass is 9.87. The molecule has 7 nitrogen and oxygen atoms in total. The number of amides is 1. The number of aromatic amines is 1. The third kappa shape index (κ3) is 4.59. The van der Waals surface area contributed by atoms with Crippen LogP contribution in [0.4, 0.5) is 4.79 Å². The van der Waals surface area contributed by atoms with E-state index < -0.39 is 22.6 Å². The van der Waals surface area contributed by atoms with Crippen LogP contribution in [-0.2, 0) is 26.9 Å². The Morgan fingerprint density at radius 3 is 2.46 bits per heavy atom. The van der Waals surface area contributed by atoms with Gasteiger partial charge in [-0.3, -0.25) is 4.79 Å². The molecule has 1 amide bonds. The Kier molecular flexibility index (Phi) is 5.34. The zero-order valence-corrected chi connectivity index (χ0v) is 20.9. The average molecular weight is 477 g/mol. The molecule has 3 aromatic rings. The summed E-state index contributed by atoms with van der Waals surface area (Å²) in [6, 6.07) is 13.9. The monoisotopic (exact) mass is 476 g/mol. The first-order valence-corrected chi connectivity index (χ1v) is 12.0. The van der Waals surface area contributed by atoms with E-state index in [-0.39, 0.29) is 12.6 Å². The van der Waals surface area contributed by atoms with Crippen molar-refractivity contribution in [1.82, 2.24) is 10.3 Å². The molecule has 0 atom stereocenters. The van der Waals surface area contributed by atoms with Crippen molar-refractivity contribution in [3.05, 3.63) is 59.3 Å². The number of rotatable bonds is 6. The van der Waals surface area contributed by atoms with Gasteiger partial charge in [-0.1, -0.05) is 12.1 Å². The molecule has 2 aromatic carbocycles. The summed E-state index contributed by atoms with van der Waals surface area (Å²) < 4.78 is 16.3. The van der Waals surface area contributed by atoms with Crippen LogP contribution in [0, 0.1) is 0 Å². The van der Waals surface area contributed by atoms with Crippen molar-refractivity contribution in [2.24, 2.45) is 0 Å². The van der Waals surface area contributed by atoms with Crippen LogP contribution in [0.3, 0.4) is 0 Å². The van der Waals surface area contributed by atoms with Crippen LogP contribution in [-0.4, -0.2) is 29.3 Å². The number of fused-ring (bicyclic) bond motifs is 2. The molecule has 1 aliphatic carbocycles. The highest BCUT2D eigenvalue weighted by Gasteiger charge is 2.50. The molecule has 5 rings (SSSR count). The molecule has 35 heavy (non-hydrogen) atoms. The van der Waals surface area contributed by atoms with Gasteiger partial charge in [0.1, 0.15) is 11.4 Å². The zero-order chi connectivity index (χ0) is 25.0. The molecule has 0 radical (unpaired) electrons. The first-order chi connectivity index (χ1) is 16.5. The fourth-order valence-corrected chi connectivity index (χ4v) is 4.66. The number of carbonyl (C=O) groups excluding carboxylic acids is 2. The van der Waals surface area contributed by atoms with E-state index in [0.717, 1.165) is 46.3 Å². The SMILES string of the molecule is CC(C)(C)OC(=O)NC(C)(C)c1cc2cc(CC(=O)C3(c4ccc5c(c4)OCO5)CC3)ccc2[nH]1. The molecule has 0 unspecified atom stereocenters. The third-order valence-corrected chi connectivity index (χ3v) is 6.75. The Morgan fingerprint density at radius 2 is 1.74 bits per heavy atom. The highest BCUT2D eigenvalue weighted by Crippen LogP contribution is 2.51. The largest absolute Gasteiger partial charge is 0.454 e. The first kappa shape index (κ1) is 23.3. The predicted molar refractivity (Wildman–Crippen MR) is 133 cm³/mol. The van der Waals surface area contributed by atoms with E-state index in [1.807, 2.05) is 77.1 Å². The average Bonchev–Trinajstić information content (AvgIpc) is 3.23. The number of hydrogen-bond donors (Lipinski definition) is 2. The number of Topliss-reactive ketones (excluding diaryl/α,β-unsaturated/α-hetero) is 1. The highest BCUT2D eigenvalue weighted by molar-refractivity contribution is 5.95. The smallest absolute Gasteiger partial charge is 0.408 e. The fourth-order valence-electron chi connectivity index (χ4n) is 4.66. The topological polar surface area (TPSA) is 89.7 Å². The van der Waals surface area contributed by atoms with Gasteiger partial charge in [0.15, 0.2) is 11.5 Å². The summed E-state index contributed by atoms with van der Waals surface area (Å²) in [6.45, 7) is 9.59. The fraction of sp³-hybridized carbons (Fsp3) is 0.429. The van der Waals surface area contributed by atoms with Crippen molar-refractivity contribution in [3.8, 4) is 11.5 Å². The molecule has 7 heteroatoms. The number of carbonyl (C=O) groups is 2. The molecule has 1 saturated carbocycles. The molecule has 1 aliphatic heterocycles. The van der Waals surface area contributed by atoms with E-state index in [1.54, 1.807) is 0 Å². The molecule has 2 aliphatic rings. The van der Waals surface area contributed by atoms with E-state index in [9.17, 15) is 9.59 Å². The van der Waals surface area contributed by atoms with Gasteiger partial charge in [-0.05, 0) is 88.9 Å². The Bertz CT molecular complexity index is 1310. The lowest BCUT2D eigenvalue weighted by molar-refractivity contribution is -0.120. The molecule has 2 N–H and O–H groups in total. The minimum Gasteiger partial charge on any atom is -0.454 e. The summed E-state index contributed by atoms with van der Waals surface area (Å²) >= 11 is 0. The van der Waals surface area contributed by atoms with Gasteiger partial charge in [-0.15, -0.1) is 0 Å². The van der Waals surface area contributed by atoms with Crippen LogP contribution in [0.1, 0.15) is 64.3 Å². The zero-order valence-electron chi connectivity index (χ0n) is 20.9. The molecule has 0 bridgehead atoms. The second-order valence-electron chi connectivity index (χ2n) is 11.1. The summed E-state index contributed by atoms with van der Waals surface area (Å²) in [5.41, 5.74) is 2.13. The minimum absolute atomic E-state index is 0.221. The summed E-state index contributed by atoms with van der Waals surface area (Å²) in [7, 11) is 0. The number of benzene rings is 2. The first-order valence-electron chi connectivity index (χ1n) is 12.0. The summed E-state index contributed by atoms with van der Waals surface area (Å²) in [4.78, 5) is 29.1. The highest BCUT2D eigenvalue weighted by atomic mass is 16.7. The summed E-state index contributed by atoms with van der Waals surface area (Å²) in [5.74, 6) is 1.67. The quantitative estimate of drug-likeness (QED) is 0.490. The van der Waals surface area contributed by atoms with Crippen molar-refractivity contribution in [3.63, 3.8) is 0 Å². The van der Waals surface area contributed by atoms with Crippen molar-refractivity contribution >= 4 is 22.8 Å². The second-order valence-corrected chi connectivity index (χ2v) is 11.1. The second kappa shape index (κ2) is 8.04. The molecular weight excluding hydrogens is 444 g/mol. The Labute approximate surface area is 205 Å². The molecule has 184 valence electrons. The normalized spacial score (nSPS) is 16.3. The molecule has 2 heterocycles. The molecule has 0 spiro atoms. The Balaban J connectivity index is 1.32. The van der Waals surface area contributed by atoms with Crippen molar-refractivity contribution in [1.29, 1.82) is 0 Å². The number of H-pyrrole nitrogens is 1. The van der Waals surface area contributed by atoms with Gasteiger partial charge in [-0.25, -0.2) is 4.79 Å². The van der Waals surface area contributed by atoms with E-state index in [4.69, 9.17) is 14.2 Å². The maximum Gasteiger partial charge on any atom is 0.408 e. The van der Waals surface area contributed by atoms with Crippen molar-refractivity contribution in [2.75, 3.05) is 6.79 Å². The van der Waals surface area contributed by atoms with E-state index in [1.165, 1.54) is 0 Å². The number of ether oxygens (including phenoxy) is 3. The number of alkyl carbamates (subject to hydrolysis) is 1. The lowest BCUT2D eigenvalue weighted by Gasteiger charge is -2.28. The number of nitrogens with one attached hydrogen (secondary N) is 2. The van der Waals surface area contributed by atoms with E-state index in [2.05, 4.69) is 10.3 Å². The van der Waals surface area contributed by atoms with Gasteiger partial charge in [0.25, 0.3) is 0 Å². The van der Waals surface area contributed by atoms with Crippen molar-refractivity contribution < 1.29 is 23.8 Å². The van der Waals surface area contributed by atoms with E-state index in [0.29, 0.717) is 12.2 Å². The van der Waals surface area contributed by atoms with Crippen molar-refractivity contribution in [2.45, 2.75) is 70.4 Å². The van der Waals surface area contributed by atoms with Gasteiger partial charge in [0, 0.05) is 23.0 Å². The Morgan fingerprint density at radius 1 is 1.00 bits per heavy atom. The van der Waals surface area contributed by atoms with Crippen LogP contribution >= 0.6 is 0 Å². The van der Waals surface area contributed by atoms with Crippen LogP contribution in [0.25, 0.3) is 10.9 Å². The van der Waals surface area contributed by atoms with Crippen LogP contribution in [0.5, 0.6) is 11.5 Å². The number of hydrogen-bond acceptors (Lipinski definition) is 5. The van der Waals surface area contributed by atoms with Gasteiger partial charge >= 0.3 is 6.09 Å². The predicted octanol–water partition coefficient (Wildman–Crippen LogP) is 5.50. The van der Waals surface area contributed by atoms with Gasteiger partial charge in [-0.2, -0.15) is 0 Å². The Hall–Kier alpha value is -3.48. The van der Waals surface area contributed by atoms with Crippen LogP contribution in [0.15, 0.2) is 42.5 Å². The van der Waals surface area contributed by atoms with Crippen LogP contribution in [0.2, 0.25) is 0 Å². The number of aromatic nitrogens is 1. The molecule has 1 fully saturated rings. The van der Waals surface area contributed by atoms with Gasteiger partial charge in [0.2, 0.25) is 6.79 Å². The molecule has 1 aromatic heterocycles. The maximum absolute atomic E-state index is 13.4. The third-order valence-electron chi connectivity index (χ3n) is 6.75. The van der Waals surface area contributed by atoms with Gasteiger partial charge in [0.05, 0.1) is 11.0 Å². The number of ketones is 1. The molecule has 0 saturated heterocycles. The van der Waals surface area contributed by atoms with Gasteiger partial charge < -0.3 is 24.5 Å².